The molecule has 0 spiro atoms. The minimum absolute atomic E-state index is 0.0743. The number of nitrogens with one attached hydrogen (secondary N) is 1. The molecule has 0 aliphatic rings. The number of benzene rings is 2. The van der Waals surface area contributed by atoms with Gasteiger partial charge in [0.05, 0.1) is 10.7 Å². The number of amides is 1. The molecule has 0 aliphatic heterocycles. The number of phenols is 2. The van der Waals surface area contributed by atoms with Crippen molar-refractivity contribution >= 4 is 23.2 Å². The van der Waals surface area contributed by atoms with E-state index >= 15 is 0 Å². The van der Waals surface area contributed by atoms with Crippen molar-refractivity contribution in [1.29, 1.82) is 0 Å². The minimum atomic E-state index is -0.906. The van der Waals surface area contributed by atoms with Gasteiger partial charge in [0.25, 0.3) is 5.91 Å². The number of carbonyl (C=O) groups excluding carboxylic acids is 1. The second-order valence-corrected chi connectivity index (χ2v) is 4.93. The van der Waals surface area contributed by atoms with E-state index < -0.39 is 23.6 Å². The molecule has 2 aromatic rings. The van der Waals surface area contributed by atoms with Crippen molar-refractivity contribution in [3.63, 3.8) is 0 Å². The molecule has 7 heteroatoms. The lowest BCUT2D eigenvalue weighted by molar-refractivity contribution is -0.122. The Morgan fingerprint density at radius 2 is 1.91 bits per heavy atom. The lowest BCUT2D eigenvalue weighted by atomic mass is 10.2. The van der Waals surface area contributed by atoms with Gasteiger partial charge in [-0.3, -0.25) is 4.79 Å². The minimum Gasteiger partial charge on any atom is -0.508 e. The summed E-state index contributed by atoms with van der Waals surface area (Å²) in [5.74, 6) is -1.36. The van der Waals surface area contributed by atoms with E-state index in [2.05, 4.69) is 5.32 Å². The van der Waals surface area contributed by atoms with Crippen molar-refractivity contribution in [2.75, 3.05) is 5.32 Å². The quantitative estimate of drug-likeness (QED) is 0.754. The second-order valence-electron chi connectivity index (χ2n) is 4.53. The first-order valence-electron chi connectivity index (χ1n) is 6.31. The number of phenolic OH excluding ortho intramolecular Hbond substituents is 2. The zero-order chi connectivity index (χ0) is 16.3. The smallest absolute Gasteiger partial charge is 0.265 e. The first kappa shape index (κ1) is 15.9. The standard InChI is InChI=1S/C15H13ClFNO4/c1-8(22-10-4-2-9(19)3-5-10)15(21)18-13-6-11(16)14(20)7-12(13)17/h2-8,19-20H,1H3,(H,18,21). The molecule has 2 aromatic carbocycles. The lowest BCUT2D eigenvalue weighted by Crippen LogP contribution is -2.30. The predicted molar refractivity (Wildman–Crippen MR) is 79.9 cm³/mol. The number of carbonyl (C=O) groups is 1. The molecule has 0 fully saturated rings. The Morgan fingerprint density at radius 3 is 2.55 bits per heavy atom. The monoisotopic (exact) mass is 325 g/mol. The van der Waals surface area contributed by atoms with E-state index in [1.807, 2.05) is 0 Å². The van der Waals surface area contributed by atoms with Crippen molar-refractivity contribution < 1.29 is 24.1 Å². The third kappa shape index (κ3) is 3.79. The van der Waals surface area contributed by atoms with Gasteiger partial charge in [-0.2, -0.15) is 0 Å². The molecule has 0 bridgehead atoms. The molecule has 0 saturated carbocycles. The van der Waals surface area contributed by atoms with Gasteiger partial charge in [-0.15, -0.1) is 0 Å². The van der Waals surface area contributed by atoms with Gasteiger partial charge in [0.2, 0.25) is 0 Å². The summed E-state index contributed by atoms with van der Waals surface area (Å²) in [5, 5.41) is 20.7. The fourth-order valence-corrected chi connectivity index (χ4v) is 1.81. The Balaban J connectivity index is 2.05. The van der Waals surface area contributed by atoms with Crippen LogP contribution in [0, 0.1) is 5.82 Å². The highest BCUT2D eigenvalue weighted by molar-refractivity contribution is 6.32. The van der Waals surface area contributed by atoms with Crippen LogP contribution in [0.1, 0.15) is 6.92 Å². The highest BCUT2D eigenvalue weighted by Gasteiger charge is 2.17. The van der Waals surface area contributed by atoms with Crippen LogP contribution in [0.15, 0.2) is 36.4 Å². The van der Waals surface area contributed by atoms with E-state index in [0.717, 1.165) is 12.1 Å². The Labute approximate surface area is 130 Å². The SMILES string of the molecule is CC(Oc1ccc(O)cc1)C(=O)Nc1cc(Cl)c(O)cc1F. The summed E-state index contributed by atoms with van der Waals surface area (Å²) in [6.45, 7) is 1.49. The normalized spacial score (nSPS) is 11.8. The Hall–Kier alpha value is -2.47. The van der Waals surface area contributed by atoms with Gasteiger partial charge < -0.3 is 20.3 Å². The van der Waals surface area contributed by atoms with Gasteiger partial charge in [-0.05, 0) is 37.3 Å². The maximum Gasteiger partial charge on any atom is 0.265 e. The van der Waals surface area contributed by atoms with Crippen molar-refractivity contribution in [3.8, 4) is 17.2 Å². The van der Waals surface area contributed by atoms with Crippen molar-refractivity contribution in [3.05, 3.63) is 47.2 Å². The van der Waals surface area contributed by atoms with Gasteiger partial charge in [0.15, 0.2) is 6.10 Å². The van der Waals surface area contributed by atoms with Crippen LogP contribution >= 0.6 is 11.6 Å². The maximum absolute atomic E-state index is 13.6. The first-order chi connectivity index (χ1) is 10.4. The summed E-state index contributed by atoms with van der Waals surface area (Å²) >= 11 is 5.67. The zero-order valence-electron chi connectivity index (χ0n) is 11.5. The Kier molecular flexibility index (Phi) is 4.72. The van der Waals surface area contributed by atoms with E-state index in [4.69, 9.17) is 21.4 Å². The van der Waals surface area contributed by atoms with E-state index in [1.54, 1.807) is 0 Å². The highest BCUT2D eigenvalue weighted by atomic mass is 35.5. The molecule has 2 rings (SSSR count). The van der Waals surface area contributed by atoms with Crippen molar-refractivity contribution in [2.45, 2.75) is 13.0 Å². The van der Waals surface area contributed by atoms with Crippen LogP contribution in [0.4, 0.5) is 10.1 Å². The van der Waals surface area contributed by atoms with Gasteiger partial charge in [0.1, 0.15) is 23.1 Å². The van der Waals surface area contributed by atoms with Crippen LogP contribution in [0.2, 0.25) is 5.02 Å². The summed E-state index contributed by atoms with van der Waals surface area (Å²) in [7, 11) is 0. The van der Waals surface area contributed by atoms with Gasteiger partial charge in [-0.25, -0.2) is 4.39 Å². The molecule has 3 N–H and O–H groups in total. The zero-order valence-corrected chi connectivity index (χ0v) is 12.3. The van der Waals surface area contributed by atoms with Crippen LogP contribution in [0.5, 0.6) is 17.2 Å². The van der Waals surface area contributed by atoms with Crippen LogP contribution in [0.3, 0.4) is 0 Å². The molecule has 5 nitrogen and oxygen atoms in total. The van der Waals surface area contributed by atoms with Gasteiger partial charge in [0, 0.05) is 6.07 Å². The third-order valence-corrected chi connectivity index (χ3v) is 3.12. The number of aromatic hydroxyl groups is 2. The molecular formula is C15H13ClFNO4. The fourth-order valence-electron chi connectivity index (χ4n) is 1.65. The number of anilines is 1. The fraction of sp³-hybridized carbons (Fsp3) is 0.133. The number of hydrogen-bond acceptors (Lipinski definition) is 4. The third-order valence-electron chi connectivity index (χ3n) is 2.81. The van der Waals surface area contributed by atoms with E-state index in [0.29, 0.717) is 5.75 Å². The molecule has 1 atom stereocenters. The topological polar surface area (TPSA) is 78.8 Å². The molecule has 0 saturated heterocycles. The molecule has 22 heavy (non-hydrogen) atoms. The molecule has 0 radical (unpaired) electrons. The molecule has 116 valence electrons. The van der Waals surface area contributed by atoms with E-state index in [9.17, 15) is 14.3 Å². The molecule has 1 unspecified atom stereocenters. The van der Waals surface area contributed by atoms with E-state index in [1.165, 1.54) is 31.2 Å². The van der Waals surface area contributed by atoms with Gasteiger partial charge in [-0.1, -0.05) is 11.6 Å². The molecular weight excluding hydrogens is 313 g/mol. The second kappa shape index (κ2) is 6.53. The first-order valence-corrected chi connectivity index (χ1v) is 6.69. The number of hydrogen-bond donors (Lipinski definition) is 3. The van der Waals surface area contributed by atoms with Crippen LogP contribution < -0.4 is 10.1 Å². The molecule has 0 aromatic heterocycles. The lowest BCUT2D eigenvalue weighted by Gasteiger charge is -2.15. The molecule has 0 aliphatic carbocycles. The van der Waals surface area contributed by atoms with Crippen molar-refractivity contribution in [2.24, 2.45) is 0 Å². The van der Waals surface area contributed by atoms with Crippen LogP contribution in [-0.2, 0) is 4.79 Å². The Bertz CT molecular complexity index is 691. The average Bonchev–Trinajstić information content (AvgIpc) is 2.47. The van der Waals surface area contributed by atoms with Crippen LogP contribution in [-0.4, -0.2) is 22.2 Å². The summed E-state index contributed by atoms with van der Waals surface area (Å²) in [6.07, 6.45) is -0.906. The van der Waals surface area contributed by atoms with Crippen molar-refractivity contribution in [1.82, 2.24) is 0 Å². The number of rotatable bonds is 4. The summed E-state index contributed by atoms with van der Waals surface area (Å²) < 4.78 is 19.0. The molecule has 1 amide bonds. The number of ether oxygens (including phenoxy) is 1. The molecule has 0 heterocycles. The summed E-state index contributed by atoms with van der Waals surface area (Å²) in [4.78, 5) is 12.0. The number of halogens is 2. The summed E-state index contributed by atoms with van der Waals surface area (Å²) in [6, 6.07) is 7.74. The largest absolute Gasteiger partial charge is 0.508 e. The Morgan fingerprint density at radius 1 is 1.27 bits per heavy atom. The summed E-state index contributed by atoms with van der Waals surface area (Å²) in [5.41, 5.74) is -0.158. The average molecular weight is 326 g/mol. The maximum atomic E-state index is 13.6. The van der Waals surface area contributed by atoms with Gasteiger partial charge >= 0.3 is 0 Å². The van der Waals surface area contributed by atoms with Crippen LogP contribution in [0.25, 0.3) is 0 Å². The van der Waals surface area contributed by atoms with E-state index in [-0.39, 0.29) is 16.5 Å². The highest BCUT2D eigenvalue weighted by Crippen LogP contribution is 2.29. The predicted octanol–water partition coefficient (Wildman–Crippen LogP) is 3.30.